The van der Waals surface area contributed by atoms with Crippen LogP contribution < -0.4 is 15.8 Å². The van der Waals surface area contributed by atoms with Gasteiger partial charge in [0.1, 0.15) is 18.2 Å². The number of nitrogens with zero attached hydrogens (tertiary/aromatic N) is 2. The molecule has 0 radical (unpaired) electrons. The van der Waals surface area contributed by atoms with Crippen molar-refractivity contribution in [2.24, 2.45) is 5.73 Å². The fourth-order valence-corrected chi connectivity index (χ4v) is 3.04. The number of ether oxygens (including phenoxy) is 1. The lowest BCUT2D eigenvalue weighted by Crippen LogP contribution is -2.12. The summed E-state index contributed by atoms with van der Waals surface area (Å²) in [4.78, 5) is 17.5. The van der Waals surface area contributed by atoms with Crippen LogP contribution in [0, 0.1) is 13.8 Å². The van der Waals surface area contributed by atoms with Crippen LogP contribution in [0.15, 0.2) is 48.8 Å². The van der Waals surface area contributed by atoms with Gasteiger partial charge in [0.05, 0.1) is 11.9 Å². The molecule has 3 aromatic rings. The van der Waals surface area contributed by atoms with Gasteiger partial charge in [-0.15, -0.1) is 0 Å². The minimum atomic E-state index is 0.250. The van der Waals surface area contributed by atoms with Gasteiger partial charge in [0, 0.05) is 28.6 Å². The SMILES string of the molecule is Cc1nc(Nc2cccnc2)c(C)c2c1-c1ccccc1OC2.NC=O. The number of fused-ring (bicyclic) bond motifs is 3. The molecule has 6 heteroatoms. The van der Waals surface area contributed by atoms with Crippen LogP contribution >= 0.6 is 0 Å². The number of rotatable bonds is 2. The Hall–Kier alpha value is -3.41. The predicted molar refractivity (Wildman–Crippen MR) is 101 cm³/mol. The average molecular weight is 348 g/mol. The Bertz CT molecular complexity index is 927. The number of anilines is 2. The summed E-state index contributed by atoms with van der Waals surface area (Å²) in [5.41, 5.74) is 10.7. The van der Waals surface area contributed by atoms with E-state index in [1.54, 1.807) is 12.4 Å². The topological polar surface area (TPSA) is 90.1 Å². The molecule has 3 heterocycles. The number of primary amides is 1. The normalized spacial score (nSPS) is 11.2. The molecule has 0 saturated carbocycles. The molecule has 0 atom stereocenters. The minimum absolute atomic E-state index is 0.250. The number of amides is 1. The highest BCUT2D eigenvalue weighted by Gasteiger charge is 2.23. The van der Waals surface area contributed by atoms with Gasteiger partial charge in [0.15, 0.2) is 0 Å². The van der Waals surface area contributed by atoms with Gasteiger partial charge in [0.2, 0.25) is 6.41 Å². The second kappa shape index (κ2) is 7.65. The van der Waals surface area contributed by atoms with Gasteiger partial charge < -0.3 is 15.8 Å². The Balaban J connectivity index is 0.000000613. The summed E-state index contributed by atoms with van der Waals surface area (Å²) in [6.07, 6.45) is 3.80. The number of para-hydroxylation sites is 1. The van der Waals surface area contributed by atoms with Crippen LogP contribution in [0.3, 0.4) is 0 Å². The fraction of sp³-hybridized carbons (Fsp3) is 0.150. The summed E-state index contributed by atoms with van der Waals surface area (Å²) in [5, 5.41) is 3.36. The molecule has 2 aromatic heterocycles. The summed E-state index contributed by atoms with van der Waals surface area (Å²) < 4.78 is 5.92. The van der Waals surface area contributed by atoms with E-state index in [0.717, 1.165) is 34.1 Å². The number of hydrogen-bond acceptors (Lipinski definition) is 5. The molecule has 0 aliphatic carbocycles. The Morgan fingerprint density at radius 3 is 2.69 bits per heavy atom. The van der Waals surface area contributed by atoms with Crippen molar-refractivity contribution in [2.75, 3.05) is 5.32 Å². The summed E-state index contributed by atoms with van der Waals surface area (Å²) in [5.74, 6) is 1.79. The fourth-order valence-electron chi connectivity index (χ4n) is 3.04. The largest absolute Gasteiger partial charge is 0.488 e. The number of benzene rings is 1. The lowest BCUT2D eigenvalue weighted by Gasteiger charge is -2.25. The Morgan fingerprint density at radius 2 is 1.96 bits per heavy atom. The van der Waals surface area contributed by atoms with Gasteiger partial charge in [-0.1, -0.05) is 18.2 Å². The molecule has 0 bridgehead atoms. The van der Waals surface area contributed by atoms with E-state index in [0.29, 0.717) is 6.61 Å². The maximum Gasteiger partial charge on any atom is 0.204 e. The molecule has 0 unspecified atom stereocenters. The van der Waals surface area contributed by atoms with E-state index in [4.69, 9.17) is 14.5 Å². The van der Waals surface area contributed by atoms with Gasteiger partial charge in [-0.3, -0.25) is 9.78 Å². The van der Waals surface area contributed by atoms with Gasteiger partial charge in [-0.2, -0.15) is 0 Å². The zero-order valence-electron chi connectivity index (χ0n) is 14.7. The number of nitrogens with one attached hydrogen (secondary N) is 1. The first-order valence-corrected chi connectivity index (χ1v) is 8.20. The third kappa shape index (κ3) is 3.35. The Morgan fingerprint density at radius 1 is 1.19 bits per heavy atom. The van der Waals surface area contributed by atoms with Gasteiger partial charge in [0.25, 0.3) is 0 Å². The molecule has 0 saturated heterocycles. The number of aromatic nitrogens is 2. The smallest absolute Gasteiger partial charge is 0.204 e. The number of hydrogen-bond donors (Lipinski definition) is 2. The molecule has 4 rings (SSSR count). The van der Waals surface area contributed by atoms with Crippen LogP contribution in [0.2, 0.25) is 0 Å². The second-order valence-corrected chi connectivity index (χ2v) is 5.81. The Kier molecular flexibility index (Phi) is 5.12. The molecular formula is C20H20N4O2. The van der Waals surface area contributed by atoms with Crippen LogP contribution in [-0.4, -0.2) is 16.4 Å². The number of carbonyl (C=O) groups is 1. The first-order chi connectivity index (χ1) is 12.7. The van der Waals surface area contributed by atoms with Crippen molar-refractivity contribution >= 4 is 17.9 Å². The zero-order valence-corrected chi connectivity index (χ0v) is 14.7. The molecule has 0 spiro atoms. The van der Waals surface area contributed by atoms with Crippen molar-refractivity contribution in [1.82, 2.24) is 9.97 Å². The van der Waals surface area contributed by atoms with Crippen LogP contribution in [-0.2, 0) is 11.4 Å². The third-order valence-corrected chi connectivity index (χ3v) is 4.20. The molecule has 1 amide bonds. The summed E-state index contributed by atoms with van der Waals surface area (Å²) in [6.45, 7) is 4.71. The highest BCUT2D eigenvalue weighted by molar-refractivity contribution is 5.80. The van der Waals surface area contributed by atoms with Gasteiger partial charge >= 0.3 is 0 Å². The molecule has 1 aliphatic heterocycles. The van der Waals surface area contributed by atoms with Crippen LogP contribution in [0.25, 0.3) is 11.1 Å². The maximum absolute atomic E-state index is 8.58. The third-order valence-electron chi connectivity index (χ3n) is 4.20. The predicted octanol–water partition coefficient (Wildman–Crippen LogP) is 3.50. The molecule has 1 aliphatic rings. The van der Waals surface area contributed by atoms with E-state index in [1.807, 2.05) is 30.3 Å². The van der Waals surface area contributed by atoms with E-state index < -0.39 is 0 Å². The lowest BCUT2D eigenvalue weighted by atomic mass is 9.93. The summed E-state index contributed by atoms with van der Waals surface area (Å²) in [7, 11) is 0. The zero-order chi connectivity index (χ0) is 18.5. The summed E-state index contributed by atoms with van der Waals surface area (Å²) >= 11 is 0. The van der Waals surface area contributed by atoms with E-state index >= 15 is 0 Å². The second-order valence-electron chi connectivity index (χ2n) is 5.81. The maximum atomic E-state index is 8.58. The first kappa shape index (κ1) is 17.4. The number of nitrogens with two attached hydrogens (primary N) is 1. The standard InChI is InChI=1S/C19H17N3O.CH3NO/c1-12-16-11-23-17-8-4-3-7-15(17)18(16)13(2)21-19(12)22-14-6-5-9-20-10-14;2-1-3/h3-10H,11H2,1-2H3,(H,21,22);1H,(H2,2,3). The van der Waals surface area contributed by atoms with E-state index in [-0.39, 0.29) is 6.41 Å². The Labute approximate surface area is 152 Å². The highest BCUT2D eigenvalue weighted by atomic mass is 16.5. The molecule has 6 nitrogen and oxygen atoms in total. The van der Waals surface area contributed by atoms with Crippen LogP contribution in [0.5, 0.6) is 5.75 Å². The van der Waals surface area contributed by atoms with Crippen LogP contribution in [0.1, 0.15) is 16.8 Å². The van der Waals surface area contributed by atoms with E-state index in [1.165, 1.54) is 11.1 Å². The van der Waals surface area contributed by atoms with Crippen molar-refractivity contribution in [3.8, 4) is 16.9 Å². The number of aryl methyl sites for hydroxylation is 1. The van der Waals surface area contributed by atoms with E-state index in [2.05, 4.69) is 35.9 Å². The van der Waals surface area contributed by atoms with Crippen molar-refractivity contribution in [1.29, 1.82) is 0 Å². The molecule has 132 valence electrons. The number of carbonyl (C=O) groups excluding carboxylic acids is 1. The van der Waals surface area contributed by atoms with Gasteiger partial charge in [-0.05, 0) is 37.6 Å². The summed E-state index contributed by atoms with van der Waals surface area (Å²) in [6, 6.07) is 12.0. The van der Waals surface area contributed by atoms with Crippen molar-refractivity contribution in [2.45, 2.75) is 20.5 Å². The highest BCUT2D eigenvalue weighted by Crippen LogP contribution is 2.41. The molecule has 26 heavy (non-hydrogen) atoms. The van der Waals surface area contributed by atoms with Crippen LogP contribution in [0.4, 0.5) is 11.5 Å². The first-order valence-electron chi connectivity index (χ1n) is 8.20. The van der Waals surface area contributed by atoms with E-state index in [9.17, 15) is 0 Å². The van der Waals surface area contributed by atoms with Crippen molar-refractivity contribution in [3.05, 3.63) is 65.6 Å². The van der Waals surface area contributed by atoms with Crippen molar-refractivity contribution in [3.63, 3.8) is 0 Å². The van der Waals surface area contributed by atoms with Gasteiger partial charge in [-0.25, -0.2) is 4.98 Å². The molecule has 1 aromatic carbocycles. The molecule has 3 N–H and O–H groups in total. The lowest BCUT2D eigenvalue weighted by molar-refractivity contribution is -0.106. The minimum Gasteiger partial charge on any atom is -0.488 e. The quantitative estimate of drug-likeness (QED) is 0.692. The molecule has 0 fully saturated rings. The average Bonchev–Trinajstić information content (AvgIpc) is 2.66. The molecular weight excluding hydrogens is 328 g/mol. The van der Waals surface area contributed by atoms with Crippen molar-refractivity contribution < 1.29 is 9.53 Å². The number of pyridine rings is 2. The monoisotopic (exact) mass is 348 g/mol.